The topological polar surface area (TPSA) is 34.0 Å². The molecule has 12 rings (SSSR count). The highest BCUT2D eigenvalue weighted by molar-refractivity contribution is 5.97. The van der Waals surface area contributed by atoms with E-state index in [1.54, 1.807) is 0 Å². The van der Waals surface area contributed by atoms with Crippen LogP contribution < -0.4 is 4.90 Å². The predicted molar refractivity (Wildman–Crippen MR) is 268 cm³/mol. The van der Waals surface area contributed by atoms with E-state index in [0.29, 0.717) is 0 Å². The molecule has 4 heteroatoms. The van der Waals surface area contributed by atoms with E-state index in [2.05, 4.69) is 210 Å². The quantitative estimate of drug-likeness (QED) is 0.153. The Bertz CT molecular complexity index is 3510. The van der Waals surface area contributed by atoms with Gasteiger partial charge in [0.2, 0.25) is 0 Å². The number of hydrogen-bond acceptors (Lipinski definition) is 3. The maximum Gasteiger partial charge on any atom is 0.0973 e. The lowest BCUT2D eigenvalue weighted by atomic mass is 9.97. The van der Waals surface area contributed by atoms with Crippen LogP contribution in [0.3, 0.4) is 0 Å². The Hall–Kier alpha value is -8.34. The standard InChI is InChI=1S/C60H42N4/c1-3-15-44(16-4-1)59-60(62-56-24-11-10-23-55(56)61-59)45-30-37-50(38-31-45)63(49-35-28-43(29-36-49)52-22-13-17-42-14-7-8-20-51(42)52)48-33-26-41(27-34-48)46-32-39-58-54(40-46)53-21-9-12-25-57(53)64(58)47-18-5-2-6-19-47/h1-8,10-20,22-40H,9,21H2. The highest BCUT2D eigenvalue weighted by Crippen LogP contribution is 2.41. The lowest BCUT2D eigenvalue weighted by Gasteiger charge is -2.26. The molecule has 0 atom stereocenters. The van der Waals surface area contributed by atoms with Gasteiger partial charge in [-0.05, 0) is 130 Å². The summed E-state index contributed by atoms with van der Waals surface area (Å²) < 4.78 is 2.41. The molecule has 0 saturated heterocycles. The summed E-state index contributed by atoms with van der Waals surface area (Å²) in [5.74, 6) is 0. The molecule has 0 spiro atoms. The number of para-hydroxylation sites is 3. The first-order valence-corrected chi connectivity index (χ1v) is 22.0. The van der Waals surface area contributed by atoms with E-state index in [9.17, 15) is 0 Å². The maximum atomic E-state index is 5.19. The van der Waals surface area contributed by atoms with Crippen molar-refractivity contribution >= 4 is 55.8 Å². The lowest BCUT2D eigenvalue weighted by molar-refractivity contribution is 0.967. The number of fused-ring (bicyclic) bond motifs is 5. The van der Waals surface area contributed by atoms with Crippen LogP contribution in [-0.2, 0) is 6.42 Å². The van der Waals surface area contributed by atoms with Crippen molar-refractivity contribution in [2.45, 2.75) is 12.8 Å². The Morgan fingerprint density at radius 3 is 1.66 bits per heavy atom. The number of benzene rings is 9. The SMILES string of the molecule is C1=Cc2c(c3cc(-c4ccc(N(c5ccc(-c6nc7ccccc7nc6-c6ccccc6)cc5)c5ccc(-c6cccc7ccccc67)cc5)cc4)ccc3n2-c2ccccc2)CC1. The van der Waals surface area contributed by atoms with Gasteiger partial charge in [0.25, 0.3) is 0 Å². The number of nitrogens with zero attached hydrogens (tertiary/aromatic N) is 4. The van der Waals surface area contributed by atoms with Gasteiger partial charge in [0.1, 0.15) is 0 Å². The third-order valence-electron chi connectivity index (χ3n) is 12.7. The fourth-order valence-corrected chi connectivity index (χ4v) is 9.56. The van der Waals surface area contributed by atoms with Crippen LogP contribution in [0.15, 0.2) is 224 Å². The Labute approximate surface area is 372 Å². The molecular weight excluding hydrogens is 777 g/mol. The molecule has 0 saturated carbocycles. The zero-order valence-electron chi connectivity index (χ0n) is 35.1. The van der Waals surface area contributed by atoms with E-state index in [1.165, 1.54) is 60.9 Å². The molecule has 0 unspecified atom stereocenters. The zero-order chi connectivity index (χ0) is 42.4. The number of hydrogen-bond donors (Lipinski definition) is 0. The molecule has 0 bridgehead atoms. The number of rotatable bonds is 8. The summed E-state index contributed by atoms with van der Waals surface area (Å²) in [6.45, 7) is 0. The molecule has 302 valence electrons. The van der Waals surface area contributed by atoms with Crippen LogP contribution in [0.4, 0.5) is 17.1 Å². The highest BCUT2D eigenvalue weighted by atomic mass is 15.1. The van der Waals surface area contributed by atoms with E-state index >= 15 is 0 Å². The van der Waals surface area contributed by atoms with Crippen molar-refractivity contribution in [2.75, 3.05) is 4.90 Å². The van der Waals surface area contributed by atoms with Gasteiger partial charge in [0.05, 0.1) is 27.9 Å². The first-order valence-electron chi connectivity index (χ1n) is 22.0. The second kappa shape index (κ2) is 15.8. The van der Waals surface area contributed by atoms with E-state index in [4.69, 9.17) is 9.97 Å². The molecule has 0 amide bonds. The summed E-state index contributed by atoms with van der Waals surface area (Å²) in [5, 5.41) is 3.81. The molecule has 0 aliphatic heterocycles. The first-order chi connectivity index (χ1) is 31.7. The van der Waals surface area contributed by atoms with Crippen LogP contribution in [0.1, 0.15) is 17.7 Å². The largest absolute Gasteiger partial charge is 0.311 e. The van der Waals surface area contributed by atoms with Gasteiger partial charge in [-0.3, -0.25) is 0 Å². The smallest absolute Gasteiger partial charge is 0.0973 e. The van der Waals surface area contributed by atoms with Gasteiger partial charge in [-0.25, -0.2) is 9.97 Å². The van der Waals surface area contributed by atoms with Gasteiger partial charge in [0, 0.05) is 45.0 Å². The zero-order valence-corrected chi connectivity index (χ0v) is 35.1. The van der Waals surface area contributed by atoms with Crippen molar-refractivity contribution in [2.24, 2.45) is 0 Å². The van der Waals surface area contributed by atoms with E-state index in [-0.39, 0.29) is 0 Å². The summed E-state index contributed by atoms with van der Waals surface area (Å²) in [7, 11) is 0. The fourth-order valence-electron chi connectivity index (χ4n) is 9.56. The van der Waals surface area contributed by atoms with E-state index < -0.39 is 0 Å². The average Bonchev–Trinajstić information content (AvgIpc) is 3.71. The molecule has 1 aliphatic carbocycles. The van der Waals surface area contributed by atoms with Crippen LogP contribution >= 0.6 is 0 Å². The molecule has 1 aliphatic rings. The highest BCUT2D eigenvalue weighted by Gasteiger charge is 2.20. The molecule has 9 aromatic carbocycles. The summed E-state index contributed by atoms with van der Waals surface area (Å²) in [5.41, 5.74) is 18.7. The normalized spacial score (nSPS) is 12.2. The molecule has 11 aromatic rings. The number of aryl methyl sites for hydroxylation is 1. The van der Waals surface area contributed by atoms with Gasteiger partial charge in [-0.15, -0.1) is 0 Å². The molecular formula is C60H42N4. The van der Waals surface area contributed by atoms with Crippen molar-refractivity contribution in [3.8, 4) is 50.5 Å². The van der Waals surface area contributed by atoms with Crippen LogP contribution in [0.25, 0.3) is 89.2 Å². The second-order valence-corrected chi connectivity index (χ2v) is 16.5. The average molecular weight is 819 g/mol. The molecule has 0 fully saturated rings. The van der Waals surface area contributed by atoms with Crippen LogP contribution in [-0.4, -0.2) is 14.5 Å². The Morgan fingerprint density at radius 2 is 0.969 bits per heavy atom. The van der Waals surface area contributed by atoms with Crippen molar-refractivity contribution in [3.05, 3.63) is 236 Å². The summed E-state index contributed by atoms with van der Waals surface area (Å²) in [4.78, 5) is 12.7. The van der Waals surface area contributed by atoms with Crippen LogP contribution in [0.5, 0.6) is 0 Å². The third kappa shape index (κ3) is 6.64. The minimum atomic E-state index is 0.861. The number of allylic oxidation sites excluding steroid dienone is 1. The Morgan fingerprint density at radius 1 is 0.422 bits per heavy atom. The number of aromatic nitrogens is 3. The lowest BCUT2D eigenvalue weighted by Crippen LogP contribution is -2.10. The van der Waals surface area contributed by atoms with Crippen LogP contribution in [0, 0.1) is 0 Å². The number of anilines is 3. The summed E-state index contributed by atoms with van der Waals surface area (Å²) in [6.07, 6.45) is 6.70. The molecule has 2 aromatic heterocycles. The van der Waals surface area contributed by atoms with Crippen LogP contribution in [0.2, 0.25) is 0 Å². The molecule has 2 heterocycles. The van der Waals surface area contributed by atoms with Crippen molar-refractivity contribution in [3.63, 3.8) is 0 Å². The van der Waals surface area contributed by atoms with Gasteiger partial charge in [-0.2, -0.15) is 0 Å². The monoisotopic (exact) mass is 818 g/mol. The van der Waals surface area contributed by atoms with Gasteiger partial charge in [-0.1, -0.05) is 152 Å². The van der Waals surface area contributed by atoms with E-state index in [0.717, 1.165) is 63.5 Å². The molecule has 64 heavy (non-hydrogen) atoms. The van der Waals surface area contributed by atoms with Gasteiger partial charge >= 0.3 is 0 Å². The molecule has 0 radical (unpaired) electrons. The second-order valence-electron chi connectivity index (χ2n) is 16.5. The van der Waals surface area contributed by atoms with Crippen molar-refractivity contribution in [1.82, 2.24) is 14.5 Å². The third-order valence-corrected chi connectivity index (χ3v) is 12.7. The minimum absolute atomic E-state index is 0.861. The first kappa shape index (κ1) is 37.4. The molecule has 0 N–H and O–H groups in total. The Kier molecular flexibility index (Phi) is 9.27. The fraction of sp³-hybridized carbons (Fsp3) is 0.0333. The summed E-state index contributed by atoms with van der Waals surface area (Å²) >= 11 is 0. The summed E-state index contributed by atoms with van der Waals surface area (Å²) in [6, 6.07) is 78.1. The minimum Gasteiger partial charge on any atom is -0.311 e. The van der Waals surface area contributed by atoms with Gasteiger partial charge < -0.3 is 9.47 Å². The molecule has 4 nitrogen and oxygen atoms in total. The van der Waals surface area contributed by atoms with Crippen molar-refractivity contribution < 1.29 is 0 Å². The van der Waals surface area contributed by atoms with Gasteiger partial charge in [0.15, 0.2) is 0 Å². The predicted octanol–water partition coefficient (Wildman–Crippen LogP) is 15.8. The van der Waals surface area contributed by atoms with E-state index in [1.807, 2.05) is 30.3 Å². The maximum absolute atomic E-state index is 5.19. The van der Waals surface area contributed by atoms with Crippen molar-refractivity contribution in [1.29, 1.82) is 0 Å². The Balaban J connectivity index is 0.944.